The minimum absolute atomic E-state index is 0.0207. The first-order valence-corrected chi connectivity index (χ1v) is 10.4. The highest BCUT2D eigenvalue weighted by Gasteiger charge is 2.32. The third kappa shape index (κ3) is 3.83. The summed E-state index contributed by atoms with van der Waals surface area (Å²) in [5.41, 5.74) is 2.71. The molecule has 9 heteroatoms. The van der Waals surface area contributed by atoms with Gasteiger partial charge in [-0.2, -0.15) is 4.98 Å². The Kier molecular flexibility index (Phi) is 5.23. The summed E-state index contributed by atoms with van der Waals surface area (Å²) in [6.45, 7) is 6.89. The Balaban J connectivity index is 1.61. The second-order valence-electron chi connectivity index (χ2n) is 8.04. The van der Waals surface area contributed by atoms with Crippen molar-refractivity contribution in [2.75, 3.05) is 37.8 Å². The summed E-state index contributed by atoms with van der Waals surface area (Å²) in [5, 5.41) is 0. The van der Waals surface area contributed by atoms with Gasteiger partial charge in [0, 0.05) is 37.2 Å². The second-order valence-corrected chi connectivity index (χ2v) is 8.04. The number of aromatic nitrogens is 4. The van der Waals surface area contributed by atoms with Crippen LogP contribution in [0.15, 0.2) is 18.2 Å². The lowest BCUT2D eigenvalue weighted by atomic mass is 10.0. The topological polar surface area (TPSA) is 73.3 Å². The first-order chi connectivity index (χ1) is 15.0. The molecule has 31 heavy (non-hydrogen) atoms. The molecule has 2 aromatic heterocycles. The first kappa shape index (κ1) is 20.1. The first-order valence-electron chi connectivity index (χ1n) is 10.4. The Morgan fingerprint density at radius 1 is 1.03 bits per heavy atom. The largest absolute Gasteiger partial charge is 0.381 e. The van der Waals surface area contributed by atoms with Crippen molar-refractivity contribution in [3.05, 3.63) is 41.2 Å². The van der Waals surface area contributed by atoms with Crippen LogP contribution in [0.3, 0.4) is 0 Å². The van der Waals surface area contributed by atoms with Crippen LogP contribution >= 0.6 is 0 Å². The van der Waals surface area contributed by atoms with Gasteiger partial charge in [0.25, 0.3) is 0 Å². The quantitative estimate of drug-likeness (QED) is 0.635. The maximum Gasteiger partial charge on any atom is 0.228 e. The molecule has 0 N–H and O–H groups in total. The van der Waals surface area contributed by atoms with E-state index in [2.05, 4.69) is 19.9 Å². The molecule has 3 aromatic rings. The molecule has 0 radical (unpaired) electrons. The van der Waals surface area contributed by atoms with E-state index in [4.69, 9.17) is 9.47 Å². The summed E-state index contributed by atoms with van der Waals surface area (Å²) in [6, 6.07) is 3.44. The molecule has 0 unspecified atom stereocenters. The number of aryl methyl sites for hydroxylation is 2. The standard InChI is InChI=1S/C22H23F2N5O2/c1-12-13(2)26-21-20(25-12)19(16-4-3-15(23)9-17(16)24)27-22(28-21)29-6-8-31-18(10-29)14-5-7-30-11-14/h3-4,9,14,18H,5-8,10-11H2,1-2H3/t14-,18-/m0/s1. The van der Waals surface area contributed by atoms with E-state index in [1.54, 1.807) is 0 Å². The zero-order valence-electron chi connectivity index (χ0n) is 17.4. The fraction of sp³-hybridized carbons (Fsp3) is 0.455. The van der Waals surface area contributed by atoms with Crippen molar-refractivity contribution in [1.29, 1.82) is 0 Å². The number of rotatable bonds is 3. The molecule has 1 aromatic carbocycles. The van der Waals surface area contributed by atoms with E-state index in [1.165, 1.54) is 12.1 Å². The van der Waals surface area contributed by atoms with E-state index in [0.29, 0.717) is 60.7 Å². The average Bonchev–Trinajstić information content (AvgIpc) is 3.29. The van der Waals surface area contributed by atoms with Gasteiger partial charge in [-0.1, -0.05) is 0 Å². The number of anilines is 1. The third-order valence-electron chi connectivity index (χ3n) is 5.98. The van der Waals surface area contributed by atoms with Gasteiger partial charge in [-0.05, 0) is 32.4 Å². The Labute approximate surface area is 178 Å². The number of hydrogen-bond donors (Lipinski definition) is 0. The molecular weight excluding hydrogens is 404 g/mol. The monoisotopic (exact) mass is 427 g/mol. The number of fused-ring (bicyclic) bond motifs is 1. The van der Waals surface area contributed by atoms with E-state index < -0.39 is 11.6 Å². The van der Waals surface area contributed by atoms with Gasteiger partial charge in [-0.15, -0.1) is 0 Å². The predicted octanol–water partition coefficient (Wildman–Crippen LogP) is 3.22. The normalized spacial score (nSPS) is 21.7. The molecule has 4 heterocycles. The number of morpholine rings is 1. The van der Waals surface area contributed by atoms with Crippen LogP contribution < -0.4 is 4.90 Å². The Bertz CT molecular complexity index is 1140. The minimum Gasteiger partial charge on any atom is -0.381 e. The van der Waals surface area contributed by atoms with Gasteiger partial charge >= 0.3 is 0 Å². The van der Waals surface area contributed by atoms with Crippen LogP contribution in [0.5, 0.6) is 0 Å². The number of halogens is 2. The maximum atomic E-state index is 14.7. The molecule has 2 saturated heterocycles. The SMILES string of the molecule is Cc1nc2nc(N3CCO[C@H]([C@H]4CCOC4)C3)nc(-c3ccc(F)cc3F)c2nc1C. The molecule has 0 bridgehead atoms. The summed E-state index contributed by atoms with van der Waals surface area (Å²) < 4.78 is 39.7. The van der Waals surface area contributed by atoms with Crippen LogP contribution in [0.4, 0.5) is 14.7 Å². The molecule has 5 rings (SSSR count). The number of benzene rings is 1. The molecule has 2 fully saturated rings. The molecule has 0 saturated carbocycles. The highest BCUT2D eigenvalue weighted by Crippen LogP contribution is 2.31. The van der Waals surface area contributed by atoms with E-state index >= 15 is 0 Å². The zero-order valence-corrected chi connectivity index (χ0v) is 17.4. The number of hydrogen-bond acceptors (Lipinski definition) is 7. The van der Waals surface area contributed by atoms with E-state index in [0.717, 1.165) is 24.8 Å². The number of nitrogens with zero attached hydrogens (tertiary/aromatic N) is 5. The molecule has 0 aliphatic carbocycles. The Morgan fingerprint density at radius 2 is 1.87 bits per heavy atom. The van der Waals surface area contributed by atoms with Gasteiger partial charge in [0.2, 0.25) is 5.95 Å². The van der Waals surface area contributed by atoms with Crippen molar-refractivity contribution in [2.45, 2.75) is 26.4 Å². The lowest BCUT2D eigenvalue weighted by Gasteiger charge is -2.35. The Morgan fingerprint density at radius 3 is 2.65 bits per heavy atom. The van der Waals surface area contributed by atoms with Crippen molar-refractivity contribution in [1.82, 2.24) is 19.9 Å². The second kappa shape index (κ2) is 8.05. The van der Waals surface area contributed by atoms with Gasteiger partial charge in [0.05, 0.1) is 30.7 Å². The lowest BCUT2D eigenvalue weighted by molar-refractivity contribution is -0.00167. The van der Waals surface area contributed by atoms with Crippen LogP contribution in [0, 0.1) is 31.4 Å². The van der Waals surface area contributed by atoms with Crippen LogP contribution in [-0.2, 0) is 9.47 Å². The molecule has 2 aliphatic heterocycles. The van der Waals surface area contributed by atoms with Crippen molar-refractivity contribution in [3.8, 4) is 11.3 Å². The van der Waals surface area contributed by atoms with Gasteiger partial charge in [-0.3, -0.25) is 0 Å². The molecular formula is C22H23F2N5O2. The summed E-state index contributed by atoms with van der Waals surface area (Å²) >= 11 is 0. The summed E-state index contributed by atoms with van der Waals surface area (Å²) in [4.78, 5) is 20.5. The minimum atomic E-state index is -0.700. The van der Waals surface area contributed by atoms with Crippen LogP contribution in [0.2, 0.25) is 0 Å². The fourth-order valence-electron chi connectivity index (χ4n) is 4.10. The van der Waals surface area contributed by atoms with Gasteiger partial charge < -0.3 is 14.4 Å². The fourth-order valence-corrected chi connectivity index (χ4v) is 4.10. The lowest BCUT2D eigenvalue weighted by Crippen LogP contribution is -2.46. The number of ether oxygens (including phenoxy) is 2. The average molecular weight is 427 g/mol. The summed E-state index contributed by atoms with van der Waals surface area (Å²) in [6.07, 6.45) is 0.986. The predicted molar refractivity (Wildman–Crippen MR) is 111 cm³/mol. The Hall–Kier alpha value is -2.78. The molecule has 162 valence electrons. The molecule has 2 atom stereocenters. The van der Waals surface area contributed by atoms with E-state index in [9.17, 15) is 8.78 Å². The van der Waals surface area contributed by atoms with Crippen LogP contribution in [-0.4, -0.2) is 59.0 Å². The van der Waals surface area contributed by atoms with E-state index in [1.807, 2.05) is 18.7 Å². The van der Waals surface area contributed by atoms with Gasteiger partial charge in [0.15, 0.2) is 5.65 Å². The third-order valence-corrected chi connectivity index (χ3v) is 5.98. The molecule has 2 aliphatic rings. The summed E-state index contributed by atoms with van der Waals surface area (Å²) in [7, 11) is 0. The highest BCUT2D eigenvalue weighted by molar-refractivity contribution is 5.88. The van der Waals surface area contributed by atoms with Crippen LogP contribution in [0.1, 0.15) is 17.8 Å². The van der Waals surface area contributed by atoms with Crippen molar-refractivity contribution < 1.29 is 18.3 Å². The van der Waals surface area contributed by atoms with E-state index in [-0.39, 0.29) is 11.7 Å². The molecule has 0 amide bonds. The zero-order chi connectivity index (χ0) is 21.5. The van der Waals surface area contributed by atoms with Crippen molar-refractivity contribution >= 4 is 17.1 Å². The highest BCUT2D eigenvalue weighted by atomic mass is 19.1. The molecule has 0 spiro atoms. The van der Waals surface area contributed by atoms with Crippen molar-refractivity contribution in [2.24, 2.45) is 5.92 Å². The van der Waals surface area contributed by atoms with Gasteiger partial charge in [0.1, 0.15) is 22.8 Å². The molecule has 7 nitrogen and oxygen atoms in total. The smallest absolute Gasteiger partial charge is 0.228 e. The van der Waals surface area contributed by atoms with Gasteiger partial charge in [-0.25, -0.2) is 23.7 Å². The maximum absolute atomic E-state index is 14.7. The van der Waals surface area contributed by atoms with Crippen molar-refractivity contribution in [3.63, 3.8) is 0 Å². The van der Waals surface area contributed by atoms with Crippen LogP contribution in [0.25, 0.3) is 22.4 Å². The summed E-state index contributed by atoms with van der Waals surface area (Å²) in [5.74, 6) is -0.570.